The van der Waals surface area contributed by atoms with Gasteiger partial charge >= 0.3 is 5.76 Å². The molecule has 1 aliphatic rings. The molecule has 1 aromatic carbocycles. The molecule has 1 fully saturated rings. The van der Waals surface area contributed by atoms with Crippen LogP contribution in [0.3, 0.4) is 0 Å². The number of aliphatic hydroxyl groups is 1. The monoisotopic (exact) mass is 321 g/mol. The molecule has 2 unspecified atom stereocenters. The van der Waals surface area contributed by atoms with Crippen molar-refractivity contribution in [3.63, 3.8) is 0 Å². The van der Waals surface area contributed by atoms with Crippen molar-refractivity contribution in [2.45, 2.75) is 45.0 Å². The van der Waals surface area contributed by atoms with Crippen LogP contribution < -0.4 is 5.76 Å². The van der Waals surface area contributed by atoms with E-state index in [2.05, 4.69) is 4.90 Å². The average Bonchev–Trinajstić information content (AvgIpc) is 3.03. The summed E-state index contributed by atoms with van der Waals surface area (Å²) in [4.78, 5) is 24.6. The second-order valence-corrected chi connectivity index (χ2v) is 6.04. The lowest BCUT2D eigenvalue weighted by atomic mass is 10.1. The Kier molecular flexibility index (Phi) is 4.18. The molecular formula is C15H19N3O5. The molecule has 0 bridgehead atoms. The van der Waals surface area contributed by atoms with Gasteiger partial charge in [-0.3, -0.25) is 19.6 Å². The van der Waals surface area contributed by atoms with Crippen LogP contribution in [0.15, 0.2) is 27.4 Å². The van der Waals surface area contributed by atoms with Crippen LogP contribution in [0.2, 0.25) is 0 Å². The van der Waals surface area contributed by atoms with Crippen molar-refractivity contribution in [2.75, 3.05) is 6.54 Å². The third-order valence-corrected chi connectivity index (χ3v) is 4.30. The first-order valence-electron chi connectivity index (χ1n) is 7.65. The summed E-state index contributed by atoms with van der Waals surface area (Å²) in [5.41, 5.74) is 0.688. The smallest absolute Gasteiger partial charge is 0.408 e. The highest BCUT2D eigenvalue weighted by atomic mass is 16.6. The van der Waals surface area contributed by atoms with Gasteiger partial charge in [0.25, 0.3) is 5.69 Å². The molecule has 2 heterocycles. The average molecular weight is 321 g/mol. The second-order valence-electron chi connectivity index (χ2n) is 6.04. The number of likely N-dealkylation sites (tertiary alicyclic amines) is 1. The minimum absolute atomic E-state index is 0.0750. The van der Waals surface area contributed by atoms with Crippen molar-refractivity contribution in [3.8, 4) is 0 Å². The lowest BCUT2D eigenvalue weighted by Gasteiger charge is -2.25. The Bertz CT molecular complexity index is 779. The molecule has 0 spiro atoms. The van der Waals surface area contributed by atoms with Gasteiger partial charge in [0.1, 0.15) is 0 Å². The number of aromatic nitrogens is 1. The number of nitrogens with zero attached hydrogens (tertiary/aromatic N) is 3. The summed E-state index contributed by atoms with van der Waals surface area (Å²) in [7, 11) is 0. The number of hydrogen-bond donors (Lipinski definition) is 1. The van der Waals surface area contributed by atoms with Crippen molar-refractivity contribution in [2.24, 2.45) is 0 Å². The maximum atomic E-state index is 12.1. The van der Waals surface area contributed by atoms with E-state index in [0.717, 1.165) is 19.4 Å². The molecule has 0 saturated carbocycles. The number of aliphatic hydroxyl groups excluding tert-OH is 1. The number of hydrogen-bond acceptors (Lipinski definition) is 6. The van der Waals surface area contributed by atoms with Gasteiger partial charge in [-0.25, -0.2) is 4.79 Å². The third-order valence-electron chi connectivity index (χ3n) is 4.30. The summed E-state index contributed by atoms with van der Waals surface area (Å²) >= 11 is 0. The first-order chi connectivity index (χ1) is 11.0. The van der Waals surface area contributed by atoms with Crippen LogP contribution in [0.1, 0.15) is 26.2 Å². The van der Waals surface area contributed by atoms with E-state index in [9.17, 15) is 20.0 Å². The zero-order chi connectivity index (χ0) is 16.6. The van der Waals surface area contributed by atoms with Crippen LogP contribution in [0.25, 0.3) is 11.1 Å². The first-order valence-corrected chi connectivity index (χ1v) is 7.65. The van der Waals surface area contributed by atoms with Crippen LogP contribution in [0.5, 0.6) is 0 Å². The van der Waals surface area contributed by atoms with Crippen LogP contribution >= 0.6 is 0 Å². The standard InChI is InChI=1S/C15H19N3O5/c1-10(19)7-11-3-2-6-16(11)9-17-13-8-12(18(21)22)4-5-14(13)23-15(17)20/h4-5,8,10-11,19H,2-3,6-7,9H2,1H3. The molecule has 1 N–H and O–H groups in total. The summed E-state index contributed by atoms with van der Waals surface area (Å²) in [5.74, 6) is -0.525. The summed E-state index contributed by atoms with van der Waals surface area (Å²) in [6, 6.07) is 4.33. The Labute approximate surface area is 132 Å². The van der Waals surface area contributed by atoms with E-state index in [4.69, 9.17) is 4.42 Å². The molecule has 1 aliphatic heterocycles. The fourth-order valence-electron chi connectivity index (χ4n) is 3.22. The van der Waals surface area contributed by atoms with Crippen molar-refractivity contribution >= 4 is 16.8 Å². The zero-order valence-corrected chi connectivity index (χ0v) is 12.8. The van der Waals surface area contributed by atoms with Gasteiger partial charge in [0.15, 0.2) is 5.58 Å². The highest BCUT2D eigenvalue weighted by molar-refractivity contribution is 5.75. The van der Waals surface area contributed by atoms with Crippen molar-refractivity contribution in [3.05, 3.63) is 38.9 Å². The molecule has 2 aromatic rings. The zero-order valence-electron chi connectivity index (χ0n) is 12.8. The highest BCUT2D eigenvalue weighted by Gasteiger charge is 2.27. The molecular weight excluding hydrogens is 302 g/mol. The van der Waals surface area contributed by atoms with E-state index in [1.165, 1.54) is 22.8 Å². The van der Waals surface area contributed by atoms with Gasteiger partial charge in [-0.05, 0) is 32.3 Å². The summed E-state index contributed by atoms with van der Waals surface area (Å²) in [5, 5.41) is 20.5. The fraction of sp³-hybridized carbons (Fsp3) is 0.533. The number of non-ortho nitro benzene ring substituents is 1. The lowest BCUT2D eigenvalue weighted by molar-refractivity contribution is -0.384. The van der Waals surface area contributed by atoms with Crippen LogP contribution in [-0.4, -0.2) is 38.2 Å². The Morgan fingerprint density at radius 1 is 1.52 bits per heavy atom. The number of oxazole rings is 1. The Hall–Kier alpha value is -2.19. The molecule has 1 saturated heterocycles. The van der Waals surface area contributed by atoms with E-state index >= 15 is 0 Å². The Balaban J connectivity index is 1.92. The summed E-state index contributed by atoms with van der Waals surface area (Å²) < 4.78 is 6.59. The fourth-order valence-corrected chi connectivity index (χ4v) is 3.22. The lowest BCUT2D eigenvalue weighted by Crippen LogP contribution is -2.36. The van der Waals surface area contributed by atoms with Crippen LogP contribution in [-0.2, 0) is 6.67 Å². The third kappa shape index (κ3) is 3.13. The molecule has 0 aliphatic carbocycles. The van der Waals surface area contributed by atoms with Gasteiger partial charge in [-0.15, -0.1) is 0 Å². The molecule has 8 heteroatoms. The van der Waals surface area contributed by atoms with Gasteiger partial charge in [0.05, 0.1) is 23.2 Å². The topological polar surface area (TPSA) is 102 Å². The Morgan fingerprint density at radius 2 is 2.30 bits per heavy atom. The minimum Gasteiger partial charge on any atom is -0.408 e. The maximum Gasteiger partial charge on any atom is 0.421 e. The van der Waals surface area contributed by atoms with Crippen LogP contribution in [0, 0.1) is 10.1 Å². The SMILES string of the molecule is CC(O)CC1CCCN1Cn1c(=O)oc2ccc([N+](=O)[O-])cc21. The molecule has 3 rings (SSSR count). The van der Waals surface area contributed by atoms with Crippen molar-refractivity contribution in [1.29, 1.82) is 0 Å². The van der Waals surface area contributed by atoms with Crippen molar-refractivity contribution < 1.29 is 14.4 Å². The predicted molar refractivity (Wildman–Crippen MR) is 83.2 cm³/mol. The van der Waals surface area contributed by atoms with E-state index in [0.29, 0.717) is 24.2 Å². The van der Waals surface area contributed by atoms with E-state index in [-0.39, 0.29) is 11.7 Å². The van der Waals surface area contributed by atoms with E-state index < -0.39 is 16.8 Å². The van der Waals surface area contributed by atoms with Crippen molar-refractivity contribution in [1.82, 2.24) is 9.47 Å². The predicted octanol–water partition coefficient (Wildman–Crippen LogP) is 1.70. The molecule has 23 heavy (non-hydrogen) atoms. The normalized spacial score (nSPS) is 20.2. The van der Waals surface area contributed by atoms with E-state index in [1.54, 1.807) is 6.92 Å². The maximum absolute atomic E-state index is 12.1. The van der Waals surface area contributed by atoms with Gasteiger partial charge in [-0.1, -0.05) is 0 Å². The largest absolute Gasteiger partial charge is 0.421 e. The van der Waals surface area contributed by atoms with E-state index in [1.807, 2.05) is 0 Å². The van der Waals surface area contributed by atoms with Crippen LogP contribution in [0.4, 0.5) is 5.69 Å². The minimum atomic E-state index is -0.525. The quantitative estimate of drug-likeness (QED) is 0.664. The molecule has 8 nitrogen and oxygen atoms in total. The molecule has 0 amide bonds. The molecule has 2 atom stereocenters. The highest BCUT2D eigenvalue weighted by Crippen LogP contribution is 2.24. The molecule has 124 valence electrons. The summed E-state index contributed by atoms with van der Waals surface area (Å²) in [6.07, 6.45) is 2.21. The van der Waals surface area contributed by atoms with Gasteiger partial charge in [-0.2, -0.15) is 0 Å². The van der Waals surface area contributed by atoms with Gasteiger partial charge < -0.3 is 9.52 Å². The Morgan fingerprint density at radius 3 is 3.00 bits per heavy atom. The first kappa shape index (κ1) is 15.7. The number of nitro groups is 1. The second kappa shape index (κ2) is 6.13. The van der Waals surface area contributed by atoms with Gasteiger partial charge in [0, 0.05) is 24.7 Å². The number of rotatable bonds is 5. The number of benzene rings is 1. The number of nitro benzene ring substituents is 1. The van der Waals surface area contributed by atoms with Gasteiger partial charge in [0.2, 0.25) is 0 Å². The number of fused-ring (bicyclic) bond motifs is 1. The molecule has 0 radical (unpaired) electrons. The summed E-state index contributed by atoms with van der Waals surface area (Å²) in [6.45, 7) is 2.88. The molecule has 1 aromatic heterocycles.